The first-order chi connectivity index (χ1) is 8.54. The molecule has 0 heterocycles. The molecular formula is C17H24O. The predicted octanol–water partition coefficient (Wildman–Crippen LogP) is 4.58. The smallest absolute Gasteiger partial charge is 0.102 e. The first-order valence-corrected chi connectivity index (χ1v) is 6.89. The summed E-state index contributed by atoms with van der Waals surface area (Å²) in [6, 6.07) is 0. The molecule has 0 saturated carbocycles. The molecule has 0 aromatic heterocycles. The second-order valence-electron chi connectivity index (χ2n) is 5.66. The van der Waals surface area contributed by atoms with Crippen LogP contribution < -0.4 is 0 Å². The van der Waals surface area contributed by atoms with E-state index in [0.29, 0.717) is 0 Å². The molecule has 0 saturated heterocycles. The Bertz CT molecular complexity index is 435. The Kier molecular flexibility index (Phi) is 3.63. The summed E-state index contributed by atoms with van der Waals surface area (Å²) in [5.74, 6) is 0. The Morgan fingerprint density at radius 3 is 2.67 bits per heavy atom. The monoisotopic (exact) mass is 244 g/mol. The maximum atomic E-state index is 6.27. The molecule has 2 rings (SSSR count). The molecule has 2 aliphatic rings. The van der Waals surface area contributed by atoms with E-state index in [1.54, 1.807) is 0 Å². The second kappa shape index (κ2) is 4.89. The van der Waals surface area contributed by atoms with Crippen LogP contribution in [0.3, 0.4) is 0 Å². The fourth-order valence-electron chi connectivity index (χ4n) is 3.24. The topological polar surface area (TPSA) is 9.23 Å². The summed E-state index contributed by atoms with van der Waals surface area (Å²) in [6.45, 7) is 9.64. The van der Waals surface area contributed by atoms with Crippen molar-refractivity contribution in [1.29, 1.82) is 0 Å². The predicted molar refractivity (Wildman–Crippen MR) is 77.5 cm³/mol. The average Bonchev–Trinajstić information content (AvgIpc) is 2.86. The van der Waals surface area contributed by atoms with Crippen LogP contribution in [-0.2, 0) is 4.74 Å². The molecule has 0 aromatic carbocycles. The quantitative estimate of drug-likeness (QED) is 0.703. The minimum atomic E-state index is -0.197. The van der Waals surface area contributed by atoms with Crippen molar-refractivity contribution in [2.75, 3.05) is 6.61 Å². The molecule has 98 valence electrons. The molecule has 0 amide bonds. The normalized spacial score (nSPS) is 27.3. The molecular weight excluding hydrogens is 220 g/mol. The molecule has 0 spiro atoms. The molecule has 0 radical (unpaired) electrons. The van der Waals surface area contributed by atoms with Crippen molar-refractivity contribution in [1.82, 2.24) is 0 Å². The van der Waals surface area contributed by atoms with Crippen LogP contribution in [0.15, 0.2) is 47.6 Å². The minimum absolute atomic E-state index is 0.00134. The molecule has 0 aromatic rings. The van der Waals surface area contributed by atoms with Crippen LogP contribution in [0.1, 0.15) is 40.5 Å². The van der Waals surface area contributed by atoms with Crippen molar-refractivity contribution in [3.63, 3.8) is 0 Å². The third kappa shape index (κ3) is 1.91. The Morgan fingerprint density at radius 1 is 1.33 bits per heavy atom. The van der Waals surface area contributed by atoms with Gasteiger partial charge in [-0.3, -0.25) is 0 Å². The Morgan fingerprint density at radius 2 is 2.11 bits per heavy atom. The molecule has 0 aliphatic heterocycles. The van der Waals surface area contributed by atoms with Gasteiger partial charge in [0.2, 0.25) is 0 Å². The van der Waals surface area contributed by atoms with Gasteiger partial charge >= 0.3 is 0 Å². The third-order valence-corrected chi connectivity index (χ3v) is 4.42. The van der Waals surface area contributed by atoms with Gasteiger partial charge in [0.1, 0.15) is 5.60 Å². The molecule has 1 heteroatoms. The zero-order valence-corrected chi connectivity index (χ0v) is 12.0. The Hall–Kier alpha value is -1.08. The largest absolute Gasteiger partial charge is 0.370 e. The summed E-state index contributed by atoms with van der Waals surface area (Å²) in [7, 11) is 0. The van der Waals surface area contributed by atoms with Crippen LogP contribution in [0.2, 0.25) is 0 Å². The van der Waals surface area contributed by atoms with Crippen molar-refractivity contribution < 1.29 is 4.74 Å². The van der Waals surface area contributed by atoms with Crippen molar-refractivity contribution in [2.45, 2.75) is 46.1 Å². The van der Waals surface area contributed by atoms with Gasteiger partial charge in [-0.2, -0.15) is 0 Å². The third-order valence-electron chi connectivity index (χ3n) is 4.42. The first-order valence-electron chi connectivity index (χ1n) is 6.89. The van der Waals surface area contributed by atoms with Crippen molar-refractivity contribution in [3.8, 4) is 0 Å². The van der Waals surface area contributed by atoms with E-state index in [2.05, 4.69) is 64.2 Å². The number of rotatable bonds is 4. The fraction of sp³-hybridized carbons (Fsp3) is 0.529. The lowest BCUT2D eigenvalue weighted by atomic mass is 9.64. The van der Waals surface area contributed by atoms with Gasteiger partial charge in [-0.25, -0.2) is 0 Å². The lowest BCUT2D eigenvalue weighted by Gasteiger charge is -2.48. The maximum absolute atomic E-state index is 6.27. The van der Waals surface area contributed by atoms with E-state index < -0.39 is 0 Å². The van der Waals surface area contributed by atoms with Gasteiger partial charge < -0.3 is 4.74 Å². The van der Waals surface area contributed by atoms with Gasteiger partial charge in [0.25, 0.3) is 0 Å². The fourth-order valence-corrected chi connectivity index (χ4v) is 3.24. The van der Waals surface area contributed by atoms with E-state index in [1.807, 2.05) is 0 Å². The second-order valence-corrected chi connectivity index (χ2v) is 5.66. The molecule has 0 bridgehead atoms. The highest BCUT2D eigenvalue weighted by Crippen LogP contribution is 2.50. The molecule has 2 aliphatic carbocycles. The van der Waals surface area contributed by atoms with E-state index >= 15 is 0 Å². The zero-order chi connectivity index (χ0) is 13.2. The SMILES string of the molecule is CCOC1(C(C)(C)C2=CCC=C2)CC=CC=C1C. The first kappa shape index (κ1) is 13.4. The van der Waals surface area contributed by atoms with Gasteiger partial charge in [0, 0.05) is 12.0 Å². The molecule has 0 fully saturated rings. The van der Waals surface area contributed by atoms with Gasteiger partial charge in [-0.15, -0.1) is 0 Å². The maximum Gasteiger partial charge on any atom is 0.102 e. The summed E-state index contributed by atoms with van der Waals surface area (Å²) in [5, 5.41) is 0. The molecule has 0 N–H and O–H groups in total. The summed E-state index contributed by atoms with van der Waals surface area (Å²) in [4.78, 5) is 0. The van der Waals surface area contributed by atoms with Gasteiger partial charge in [-0.05, 0) is 37.8 Å². The van der Waals surface area contributed by atoms with E-state index in [9.17, 15) is 0 Å². The van der Waals surface area contributed by atoms with Crippen LogP contribution in [0, 0.1) is 5.41 Å². The highest BCUT2D eigenvalue weighted by Gasteiger charge is 2.48. The summed E-state index contributed by atoms with van der Waals surface area (Å²) >= 11 is 0. The van der Waals surface area contributed by atoms with Crippen molar-refractivity contribution >= 4 is 0 Å². The molecule has 18 heavy (non-hydrogen) atoms. The van der Waals surface area contributed by atoms with Crippen LogP contribution in [0.5, 0.6) is 0 Å². The van der Waals surface area contributed by atoms with Crippen LogP contribution in [0.25, 0.3) is 0 Å². The van der Waals surface area contributed by atoms with Crippen LogP contribution >= 0.6 is 0 Å². The van der Waals surface area contributed by atoms with Crippen LogP contribution in [-0.4, -0.2) is 12.2 Å². The van der Waals surface area contributed by atoms with Gasteiger partial charge in [0.05, 0.1) is 0 Å². The highest BCUT2D eigenvalue weighted by molar-refractivity contribution is 5.41. The number of allylic oxidation sites excluding steroid dienone is 5. The number of hydrogen-bond donors (Lipinski definition) is 0. The van der Waals surface area contributed by atoms with E-state index in [4.69, 9.17) is 4.74 Å². The highest BCUT2D eigenvalue weighted by atomic mass is 16.5. The lowest BCUT2D eigenvalue weighted by molar-refractivity contribution is -0.0745. The van der Waals surface area contributed by atoms with E-state index in [0.717, 1.165) is 19.4 Å². The Labute approximate surface area is 111 Å². The number of hydrogen-bond acceptors (Lipinski definition) is 1. The summed E-state index contributed by atoms with van der Waals surface area (Å²) in [5.41, 5.74) is 2.54. The van der Waals surface area contributed by atoms with Gasteiger partial charge in [-0.1, -0.05) is 50.3 Å². The Balaban J connectivity index is 2.44. The average molecular weight is 244 g/mol. The van der Waals surface area contributed by atoms with Crippen molar-refractivity contribution in [3.05, 3.63) is 47.6 Å². The van der Waals surface area contributed by atoms with Crippen LogP contribution in [0.4, 0.5) is 0 Å². The minimum Gasteiger partial charge on any atom is -0.370 e. The zero-order valence-electron chi connectivity index (χ0n) is 12.0. The molecule has 1 unspecified atom stereocenters. The summed E-state index contributed by atoms with van der Waals surface area (Å²) < 4.78 is 6.27. The van der Waals surface area contributed by atoms with E-state index in [-0.39, 0.29) is 11.0 Å². The van der Waals surface area contributed by atoms with Gasteiger partial charge in [0.15, 0.2) is 0 Å². The lowest BCUT2D eigenvalue weighted by Crippen LogP contribution is -2.49. The number of ether oxygens (including phenoxy) is 1. The molecule has 1 nitrogen and oxygen atoms in total. The van der Waals surface area contributed by atoms with E-state index in [1.165, 1.54) is 11.1 Å². The van der Waals surface area contributed by atoms with Crippen molar-refractivity contribution in [2.24, 2.45) is 5.41 Å². The summed E-state index contributed by atoms with van der Waals surface area (Å²) in [6.07, 6.45) is 15.4. The molecule has 1 atom stereocenters. The standard InChI is InChI=1S/C17H24O/c1-5-18-17(13-9-8-10-14(17)2)16(3,4)15-11-6-7-12-15/h6,8-12H,5,7,13H2,1-4H3.